The number of carbonyl (C=O) groups excluding carboxylic acids is 1. The van der Waals surface area contributed by atoms with E-state index < -0.39 is 0 Å². The Morgan fingerprint density at radius 3 is 2.23 bits per heavy atom. The normalized spacial score (nSPS) is 10.0. The van der Waals surface area contributed by atoms with Crippen molar-refractivity contribution in [3.8, 4) is 0 Å². The van der Waals surface area contributed by atoms with Gasteiger partial charge in [-0.15, -0.1) is 0 Å². The van der Waals surface area contributed by atoms with Gasteiger partial charge in [0.2, 0.25) is 6.29 Å². The third-order valence-electron chi connectivity index (χ3n) is 1.95. The molecule has 0 saturated heterocycles. The minimum absolute atomic E-state index is 0.687. The summed E-state index contributed by atoms with van der Waals surface area (Å²) < 4.78 is 0. The van der Waals surface area contributed by atoms with Crippen molar-refractivity contribution in [3.63, 3.8) is 0 Å². The van der Waals surface area contributed by atoms with E-state index >= 15 is 0 Å². The summed E-state index contributed by atoms with van der Waals surface area (Å²) in [6.07, 6.45) is 0.866. The van der Waals surface area contributed by atoms with E-state index in [0.717, 1.165) is 28.3 Å². The molecular formula is C10H9Br2O+. The summed E-state index contributed by atoms with van der Waals surface area (Å²) >= 11 is 6.68. The topological polar surface area (TPSA) is 17.1 Å². The standard InChI is InChI=1S/C10H9Br2O/c1-7-8(4-11)2-3-9(5-12)10(7)6-13/h2-3,6H,1,4-5H2/q+1. The van der Waals surface area contributed by atoms with Crippen molar-refractivity contribution in [2.24, 2.45) is 0 Å². The molecule has 1 aromatic carbocycles. The highest BCUT2D eigenvalue weighted by Crippen LogP contribution is 2.20. The van der Waals surface area contributed by atoms with Gasteiger partial charge in [0.1, 0.15) is 11.1 Å². The number of halogens is 2. The monoisotopic (exact) mass is 303 g/mol. The molecule has 0 bridgehead atoms. The molecule has 68 valence electrons. The molecule has 0 atom stereocenters. The SMILES string of the molecule is [CH2+]c1c(CBr)ccc(CBr)c1C=O. The van der Waals surface area contributed by atoms with Crippen LogP contribution in [0, 0.1) is 6.92 Å². The first-order valence-corrected chi connectivity index (χ1v) is 6.02. The molecule has 1 aromatic rings. The van der Waals surface area contributed by atoms with E-state index in [1.807, 2.05) is 12.1 Å². The predicted molar refractivity (Wildman–Crippen MR) is 61.6 cm³/mol. The maximum Gasteiger partial charge on any atom is 0.206 e. The van der Waals surface area contributed by atoms with Crippen LogP contribution < -0.4 is 0 Å². The van der Waals surface area contributed by atoms with Crippen molar-refractivity contribution >= 4 is 38.1 Å². The second-order valence-electron chi connectivity index (χ2n) is 2.66. The molecule has 0 radical (unpaired) electrons. The van der Waals surface area contributed by atoms with Gasteiger partial charge in [-0.05, 0) is 6.07 Å². The molecule has 0 aliphatic carbocycles. The minimum atomic E-state index is 0.687. The molecule has 0 aromatic heterocycles. The van der Waals surface area contributed by atoms with Crippen LogP contribution >= 0.6 is 31.9 Å². The average molecular weight is 305 g/mol. The molecule has 0 heterocycles. The van der Waals surface area contributed by atoms with Crippen molar-refractivity contribution in [2.45, 2.75) is 10.7 Å². The van der Waals surface area contributed by atoms with E-state index in [1.54, 1.807) is 0 Å². The molecule has 0 saturated carbocycles. The third-order valence-corrected chi connectivity index (χ3v) is 3.16. The lowest BCUT2D eigenvalue weighted by Crippen LogP contribution is -1.97. The van der Waals surface area contributed by atoms with Crippen LogP contribution in [-0.2, 0) is 10.7 Å². The van der Waals surface area contributed by atoms with Gasteiger partial charge in [0.05, 0.1) is 10.9 Å². The van der Waals surface area contributed by atoms with Gasteiger partial charge in [0.25, 0.3) is 0 Å². The zero-order valence-electron chi connectivity index (χ0n) is 7.02. The second kappa shape index (κ2) is 4.82. The van der Waals surface area contributed by atoms with Crippen molar-refractivity contribution in [2.75, 3.05) is 0 Å². The van der Waals surface area contributed by atoms with Gasteiger partial charge in [0, 0.05) is 23.9 Å². The second-order valence-corrected chi connectivity index (χ2v) is 3.78. The Kier molecular flexibility index (Phi) is 4.00. The van der Waals surface area contributed by atoms with Crippen molar-refractivity contribution in [1.29, 1.82) is 0 Å². The van der Waals surface area contributed by atoms with Gasteiger partial charge in [-0.2, -0.15) is 0 Å². The third kappa shape index (κ3) is 2.15. The molecule has 0 aliphatic rings. The lowest BCUT2D eigenvalue weighted by molar-refractivity contribution is 0.112. The molecule has 0 amide bonds. The van der Waals surface area contributed by atoms with Crippen molar-refractivity contribution < 1.29 is 4.79 Å². The van der Waals surface area contributed by atoms with Gasteiger partial charge < -0.3 is 0 Å². The Morgan fingerprint density at radius 2 is 1.77 bits per heavy atom. The lowest BCUT2D eigenvalue weighted by Gasteiger charge is -2.00. The zero-order chi connectivity index (χ0) is 9.84. The largest absolute Gasteiger partial charge is 0.282 e. The van der Waals surface area contributed by atoms with Gasteiger partial charge >= 0.3 is 0 Å². The summed E-state index contributed by atoms with van der Waals surface area (Å²) in [4.78, 5) is 10.8. The maximum atomic E-state index is 10.8. The number of aldehydes is 1. The van der Waals surface area contributed by atoms with Crippen LogP contribution in [0.5, 0.6) is 0 Å². The van der Waals surface area contributed by atoms with Gasteiger partial charge in [-0.3, -0.25) is 4.79 Å². The number of alkyl halides is 2. The summed E-state index contributed by atoms with van der Waals surface area (Å²) in [7, 11) is 0. The summed E-state index contributed by atoms with van der Waals surface area (Å²) in [6.45, 7) is 3.89. The fourth-order valence-electron chi connectivity index (χ4n) is 1.15. The first kappa shape index (κ1) is 10.8. The van der Waals surface area contributed by atoms with E-state index in [4.69, 9.17) is 0 Å². The molecule has 0 aliphatic heterocycles. The van der Waals surface area contributed by atoms with E-state index in [0.29, 0.717) is 10.9 Å². The number of hydrogen-bond donors (Lipinski definition) is 0. The fraction of sp³-hybridized carbons (Fsp3) is 0.200. The number of rotatable bonds is 3. The van der Waals surface area contributed by atoms with E-state index in [2.05, 4.69) is 38.8 Å². The van der Waals surface area contributed by atoms with Gasteiger partial charge in [0.15, 0.2) is 0 Å². The molecule has 1 rings (SSSR count). The quantitative estimate of drug-likeness (QED) is 0.475. The molecule has 3 heteroatoms. The molecule has 0 spiro atoms. The summed E-state index contributed by atoms with van der Waals surface area (Å²) in [6, 6.07) is 3.93. The van der Waals surface area contributed by atoms with Gasteiger partial charge in [-0.25, -0.2) is 0 Å². The van der Waals surface area contributed by atoms with Crippen LogP contribution in [0.3, 0.4) is 0 Å². The first-order valence-electron chi connectivity index (χ1n) is 3.78. The van der Waals surface area contributed by atoms with Crippen LogP contribution in [0.2, 0.25) is 0 Å². The lowest BCUT2D eigenvalue weighted by atomic mass is 10.00. The molecule has 0 unspecified atom stereocenters. The maximum absolute atomic E-state index is 10.8. The highest BCUT2D eigenvalue weighted by Gasteiger charge is 2.15. The van der Waals surface area contributed by atoms with Gasteiger partial charge in [-0.1, -0.05) is 31.9 Å². The molecule has 0 fully saturated rings. The van der Waals surface area contributed by atoms with Crippen molar-refractivity contribution in [3.05, 3.63) is 41.3 Å². The highest BCUT2D eigenvalue weighted by molar-refractivity contribution is 9.08. The Morgan fingerprint density at radius 1 is 1.23 bits per heavy atom. The smallest absolute Gasteiger partial charge is 0.206 e. The summed E-state index contributed by atoms with van der Waals surface area (Å²) in [5, 5.41) is 1.42. The van der Waals surface area contributed by atoms with Crippen LogP contribution in [0.15, 0.2) is 12.1 Å². The van der Waals surface area contributed by atoms with E-state index in [-0.39, 0.29) is 0 Å². The van der Waals surface area contributed by atoms with Crippen LogP contribution in [0.25, 0.3) is 0 Å². The Hall–Kier alpha value is -0.280. The number of benzene rings is 1. The molecule has 0 N–H and O–H groups in total. The average Bonchev–Trinajstić information content (AvgIpc) is 2.17. The minimum Gasteiger partial charge on any atom is -0.282 e. The fourth-order valence-corrected chi connectivity index (χ4v) is 2.16. The highest BCUT2D eigenvalue weighted by atomic mass is 79.9. The Labute approximate surface area is 94.8 Å². The van der Waals surface area contributed by atoms with Crippen LogP contribution in [-0.4, -0.2) is 6.29 Å². The number of hydrogen-bond acceptors (Lipinski definition) is 1. The molecular weight excluding hydrogens is 296 g/mol. The molecule has 13 heavy (non-hydrogen) atoms. The van der Waals surface area contributed by atoms with Crippen LogP contribution in [0.1, 0.15) is 27.0 Å². The van der Waals surface area contributed by atoms with E-state index in [9.17, 15) is 4.79 Å². The zero-order valence-corrected chi connectivity index (χ0v) is 10.2. The first-order chi connectivity index (χ1) is 6.24. The predicted octanol–water partition coefficient (Wildman–Crippen LogP) is 3.47. The summed E-state index contributed by atoms with van der Waals surface area (Å²) in [5.41, 5.74) is 3.58. The Bertz CT molecular complexity index is 321. The van der Waals surface area contributed by atoms with Crippen LogP contribution in [0.4, 0.5) is 0 Å². The summed E-state index contributed by atoms with van der Waals surface area (Å²) in [5.74, 6) is 0. The Balaban J connectivity index is 3.31. The number of carbonyl (C=O) groups is 1. The van der Waals surface area contributed by atoms with Crippen molar-refractivity contribution in [1.82, 2.24) is 0 Å². The van der Waals surface area contributed by atoms with E-state index in [1.165, 1.54) is 0 Å². The molecule has 1 nitrogen and oxygen atoms in total.